The van der Waals surface area contributed by atoms with E-state index in [2.05, 4.69) is 4.74 Å². The summed E-state index contributed by atoms with van der Waals surface area (Å²) < 4.78 is 82.2. The van der Waals surface area contributed by atoms with E-state index in [1.807, 2.05) is 0 Å². The Labute approximate surface area is 124 Å². The number of ether oxygens (including phenoxy) is 2. The molecule has 1 heterocycles. The lowest BCUT2D eigenvalue weighted by molar-refractivity contribution is -0.217. The van der Waals surface area contributed by atoms with Gasteiger partial charge in [-0.2, -0.15) is 26.3 Å². The molecule has 1 aliphatic rings. The second kappa shape index (κ2) is 6.49. The van der Waals surface area contributed by atoms with Gasteiger partial charge in [-0.1, -0.05) is 11.6 Å². The quantitative estimate of drug-likeness (QED) is 0.465. The normalized spacial score (nSPS) is 29.8. The van der Waals surface area contributed by atoms with Gasteiger partial charge in [-0.25, -0.2) is 4.79 Å². The monoisotopic (exact) mass is 357 g/mol. The maximum absolute atomic E-state index is 12.2. The Morgan fingerprint density at radius 2 is 1.73 bits per heavy atom. The Bertz CT molecular complexity index is 440. The Hall–Kier alpha value is -1.23. The van der Waals surface area contributed by atoms with E-state index in [-0.39, 0.29) is 0 Å². The molecule has 0 saturated carbocycles. The van der Waals surface area contributed by atoms with E-state index in [1.165, 1.54) is 5.32 Å². The van der Waals surface area contributed by atoms with E-state index in [4.69, 9.17) is 16.3 Å². The van der Waals surface area contributed by atoms with Crippen LogP contribution in [0.4, 0.5) is 26.3 Å². The molecule has 128 valence electrons. The molecule has 0 aromatic carbocycles. The summed E-state index contributed by atoms with van der Waals surface area (Å²) in [6, 6.07) is -1.58. The molecular formula is C10H10ClF6NO4. The van der Waals surface area contributed by atoms with E-state index < -0.39 is 54.5 Å². The van der Waals surface area contributed by atoms with Gasteiger partial charge in [0.05, 0.1) is 12.1 Å². The molecular weight excluding hydrogens is 348 g/mol. The van der Waals surface area contributed by atoms with Gasteiger partial charge in [0.25, 0.3) is 0 Å². The fraction of sp³-hybridized carbons (Fsp3) is 0.800. The zero-order chi connectivity index (χ0) is 17.3. The smallest absolute Gasteiger partial charge is 0.451 e. The second-order valence-corrected chi connectivity index (χ2v) is 4.92. The first-order valence-electron chi connectivity index (χ1n) is 5.77. The molecule has 5 nitrogen and oxygen atoms in total. The maximum atomic E-state index is 12.2. The van der Waals surface area contributed by atoms with Gasteiger partial charge in [0, 0.05) is 6.42 Å². The van der Waals surface area contributed by atoms with Gasteiger partial charge >= 0.3 is 24.2 Å². The van der Waals surface area contributed by atoms with Crippen molar-refractivity contribution in [2.75, 3.05) is 0 Å². The average Bonchev–Trinajstić information content (AvgIpc) is 2.30. The van der Waals surface area contributed by atoms with Crippen molar-refractivity contribution in [1.29, 1.82) is 0 Å². The van der Waals surface area contributed by atoms with Crippen LogP contribution in [-0.4, -0.2) is 48.0 Å². The second-order valence-electron chi connectivity index (χ2n) is 4.43. The highest BCUT2D eigenvalue weighted by Crippen LogP contribution is 2.28. The summed E-state index contributed by atoms with van der Waals surface area (Å²) in [5, 5.41) is 1.45. The topological polar surface area (TPSA) is 64.6 Å². The highest BCUT2D eigenvalue weighted by atomic mass is 35.5. The van der Waals surface area contributed by atoms with E-state index in [0.717, 1.165) is 6.92 Å². The molecule has 1 aliphatic heterocycles. The Balaban J connectivity index is 2.88. The van der Waals surface area contributed by atoms with Crippen LogP contribution in [0.15, 0.2) is 0 Å². The fourth-order valence-corrected chi connectivity index (χ4v) is 2.14. The molecule has 0 spiro atoms. The highest BCUT2D eigenvalue weighted by molar-refractivity contribution is 6.19. The Morgan fingerprint density at radius 3 is 2.18 bits per heavy atom. The summed E-state index contributed by atoms with van der Waals surface area (Å²) in [6.45, 7) is 1.15. The lowest BCUT2D eigenvalue weighted by Gasteiger charge is -2.38. The molecule has 0 bridgehead atoms. The van der Waals surface area contributed by atoms with Crippen LogP contribution in [-0.2, 0) is 19.1 Å². The zero-order valence-corrected chi connectivity index (χ0v) is 11.6. The lowest BCUT2D eigenvalue weighted by Crippen LogP contribution is -2.58. The van der Waals surface area contributed by atoms with Gasteiger partial charge < -0.3 is 14.8 Å². The van der Waals surface area contributed by atoms with Crippen LogP contribution in [0.1, 0.15) is 13.3 Å². The van der Waals surface area contributed by atoms with Crippen molar-refractivity contribution in [1.82, 2.24) is 5.32 Å². The minimum atomic E-state index is -5.34. The van der Waals surface area contributed by atoms with Gasteiger partial charge in [0.1, 0.15) is 11.7 Å². The molecule has 12 heteroatoms. The number of halogens is 7. The first-order chi connectivity index (χ1) is 9.82. The molecule has 0 aromatic heterocycles. The summed E-state index contributed by atoms with van der Waals surface area (Å²) in [5.41, 5.74) is -1.16. The predicted molar refractivity (Wildman–Crippen MR) is 58.7 cm³/mol. The van der Waals surface area contributed by atoms with Crippen LogP contribution in [0.5, 0.6) is 0 Å². The van der Waals surface area contributed by atoms with E-state index in [1.54, 1.807) is 0 Å². The number of hydrogen-bond acceptors (Lipinski definition) is 4. The van der Waals surface area contributed by atoms with Crippen molar-refractivity contribution in [2.45, 2.75) is 49.5 Å². The molecule has 0 aromatic rings. The third-order valence-corrected chi connectivity index (χ3v) is 2.99. The molecule has 0 unspecified atom stereocenters. The van der Waals surface area contributed by atoms with Gasteiger partial charge in [0.2, 0.25) is 0 Å². The number of rotatable bonds is 2. The lowest BCUT2D eigenvalue weighted by atomic mass is 10.00. The van der Waals surface area contributed by atoms with E-state index >= 15 is 0 Å². The van der Waals surface area contributed by atoms with Crippen LogP contribution in [0.2, 0.25) is 0 Å². The van der Waals surface area contributed by atoms with Crippen molar-refractivity contribution in [3.63, 3.8) is 0 Å². The minimum Gasteiger partial charge on any atom is -0.451 e. The number of esters is 1. The number of carbonyl (C=O) groups excluding carboxylic acids is 2. The Kier molecular flexibility index (Phi) is 5.55. The predicted octanol–water partition coefficient (Wildman–Crippen LogP) is 1.88. The van der Waals surface area contributed by atoms with Crippen LogP contribution < -0.4 is 5.32 Å². The zero-order valence-electron chi connectivity index (χ0n) is 10.8. The Morgan fingerprint density at radius 1 is 1.18 bits per heavy atom. The molecule has 1 rings (SSSR count). The number of alkyl halides is 7. The van der Waals surface area contributed by atoms with Crippen LogP contribution in [0, 0.1) is 0 Å². The third kappa shape index (κ3) is 4.90. The molecule has 0 radical (unpaired) electrons. The molecule has 1 amide bonds. The standard InChI is InChI=1S/C10H10ClF6NO4/c1-3-6(22-8(20)10(15,16)17)4(2-5(11)21-3)18-7(19)9(12,13)14/h3-6H,2H2,1H3,(H,18,19)/t3-,4-,5-,6-/m1/s1. The summed E-state index contributed by atoms with van der Waals surface area (Å²) in [5.74, 6) is -4.99. The largest absolute Gasteiger partial charge is 0.490 e. The number of amides is 1. The number of hydrogen-bond donors (Lipinski definition) is 1. The SMILES string of the molecule is C[C@H]1O[C@@H](Cl)C[C@@H](NC(=O)C(F)(F)F)[C@@H]1OC(=O)C(F)(F)F. The average molecular weight is 358 g/mol. The molecule has 1 N–H and O–H groups in total. The van der Waals surface area contributed by atoms with Gasteiger partial charge in [-0.3, -0.25) is 4.79 Å². The first-order valence-corrected chi connectivity index (χ1v) is 6.21. The van der Waals surface area contributed by atoms with Crippen LogP contribution in [0.3, 0.4) is 0 Å². The number of nitrogens with one attached hydrogen (secondary N) is 1. The van der Waals surface area contributed by atoms with E-state index in [0.29, 0.717) is 0 Å². The van der Waals surface area contributed by atoms with Crippen LogP contribution in [0.25, 0.3) is 0 Å². The maximum Gasteiger partial charge on any atom is 0.490 e. The molecule has 22 heavy (non-hydrogen) atoms. The van der Waals surface area contributed by atoms with Crippen molar-refractivity contribution in [3.8, 4) is 0 Å². The molecule has 0 aliphatic carbocycles. The molecule has 4 atom stereocenters. The third-order valence-electron chi connectivity index (χ3n) is 2.71. The fourth-order valence-electron chi connectivity index (χ4n) is 1.79. The number of carbonyl (C=O) groups is 2. The summed E-state index contributed by atoms with van der Waals surface area (Å²) in [7, 11) is 0. The van der Waals surface area contributed by atoms with Crippen molar-refractivity contribution in [2.24, 2.45) is 0 Å². The van der Waals surface area contributed by atoms with Crippen LogP contribution >= 0.6 is 11.6 Å². The molecule has 1 saturated heterocycles. The summed E-state index contributed by atoms with van der Waals surface area (Å²) >= 11 is 5.58. The van der Waals surface area contributed by atoms with Gasteiger partial charge in [-0.15, -0.1) is 0 Å². The van der Waals surface area contributed by atoms with Crippen molar-refractivity contribution in [3.05, 3.63) is 0 Å². The van der Waals surface area contributed by atoms with Gasteiger partial charge in [0.15, 0.2) is 0 Å². The highest BCUT2D eigenvalue weighted by Gasteiger charge is 2.48. The molecule has 1 fully saturated rings. The van der Waals surface area contributed by atoms with Gasteiger partial charge in [-0.05, 0) is 6.92 Å². The first kappa shape index (κ1) is 18.8. The summed E-state index contributed by atoms with van der Waals surface area (Å²) in [4.78, 5) is 21.7. The van der Waals surface area contributed by atoms with Crippen molar-refractivity contribution >= 4 is 23.5 Å². The minimum absolute atomic E-state index is 0.469. The van der Waals surface area contributed by atoms with Crippen molar-refractivity contribution < 1.29 is 45.4 Å². The van der Waals surface area contributed by atoms with E-state index in [9.17, 15) is 35.9 Å². The summed E-state index contributed by atoms with van der Waals surface area (Å²) in [6.07, 6.45) is -14.1.